The molecule has 0 amide bonds. The van der Waals surface area contributed by atoms with Crippen molar-refractivity contribution in [2.45, 2.75) is 227 Å². The van der Waals surface area contributed by atoms with Crippen molar-refractivity contribution >= 4 is 29.8 Å². The molecule has 69 heavy (non-hydrogen) atoms. The first-order valence-corrected chi connectivity index (χ1v) is 23.5. The van der Waals surface area contributed by atoms with Crippen molar-refractivity contribution in [1.82, 2.24) is 0 Å². The summed E-state index contributed by atoms with van der Waals surface area (Å²) in [7, 11) is 0. The monoisotopic (exact) mass is 998 g/mol. The molecule has 0 aromatic rings. The largest absolute Gasteiger partial charge is 0.456 e. The zero-order chi connectivity index (χ0) is 52.3. The van der Waals surface area contributed by atoms with E-state index in [-0.39, 0.29) is 49.1 Å². The van der Waals surface area contributed by atoms with Gasteiger partial charge in [0.2, 0.25) is 0 Å². The Morgan fingerprint density at radius 3 is 1.30 bits per heavy atom. The molecule has 4 aliphatic heterocycles. The van der Waals surface area contributed by atoms with Gasteiger partial charge >= 0.3 is 29.8 Å². The van der Waals surface area contributed by atoms with Gasteiger partial charge in [-0.1, -0.05) is 55.4 Å². The van der Waals surface area contributed by atoms with Crippen molar-refractivity contribution in [2.24, 2.45) is 23.7 Å². The number of carbonyl (C=O) groups excluding carboxylic acids is 5. The molecule has 0 bridgehead atoms. The third kappa shape index (κ3) is 17.0. The Bertz CT molecular complexity index is 1630. The van der Waals surface area contributed by atoms with E-state index in [2.05, 4.69) is 0 Å². The van der Waals surface area contributed by atoms with Gasteiger partial charge in [-0.3, -0.25) is 24.0 Å². The minimum atomic E-state index is -1.53. The maximum Gasteiger partial charge on any atom is 0.303 e. The fourth-order valence-electron chi connectivity index (χ4n) is 8.67. The third-order valence-corrected chi connectivity index (χ3v) is 11.7. The summed E-state index contributed by atoms with van der Waals surface area (Å²) in [5.74, 6) is -3.11. The number of aliphatic hydroxyl groups is 5. The molecule has 4 rings (SSSR count). The van der Waals surface area contributed by atoms with Gasteiger partial charge in [-0.15, -0.1) is 0 Å². The Labute approximate surface area is 403 Å². The van der Waals surface area contributed by atoms with Crippen molar-refractivity contribution in [3.8, 4) is 0 Å². The molecule has 0 radical (unpaired) electrons. The van der Waals surface area contributed by atoms with Gasteiger partial charge in [-0.05, 0) is 37.5 Å². The highest BCUT2D eigenvalue weighted by molar-refractivity contribution is 5.69. The summed E-state index contributed by atoms with van der Waals surface area (Å²) in [5.41, 5.74) is 0. The summed E-state index contributed by atoms with van der Waals surface area (Å²) in [5, 5.41) is 50.3. The van der Waals surface area contributed by atoms with E-state index in [1.807, 2.05) is 55.4 Å². The van der Waals surface area contributed by atoms with Crippen LogP contribution < -0.4 is 0 Å². The topological polar surface area (TPSA) is 306 Å². The molecule has 5 N–H and O–H groups in total. The molecule has 4 saturated heterocycles. The molecule has 0 aromatic carbocycles. The zero-order valence-electron chi connectivity index (χ0n) is 42.4. The van der Waals surface area contributed by atoms with Crippen LogP contribution in [-0.2, 0) is 85.6 Å². The van der Waals surface area contributed by atoms with E-state index in [1.165, 1.54) is 27.7 Å². The molecule has 4 aliphatic rings. The molecular formula is C46H78O23. The van der Waals surface area contributed by atoms with E-state index in [0.29, 0.717) is 0 Å². The van der Waals surface area contributed by atoms with E-state index >= 15 is 0 Å². The normalized spacial score (nSPS) is 36.2. The maximum absolute atomic E-state index is 12.2. The van der Waals surface area contributed by atoms with Crippen molar-refractivity contribution < 1.29 is 111 Å². The van der Waals surface area contributed by atoms with Crippen LogP contribution in [0.3, 0.4) is 0 Å². The Kier molecular flexibility index (Phi) is 23.6. The van der Waals surface area contributed by atoms with Crippen LogP contribution in [0.1, 0.15) is 104 Å². The van der Waals surface area contributed by atoms with Crippen LogP contribution in [0.15, 0.2) is 0 Å². The number of hydrogen-bond donors (Lipinski definition) is 5. The van der Waals surface area contributed by atoms with Crippen molar-refractivity contribution in [3.05, 3.63) is 0 Å². The number of hydrogen-bond acceptors (Lipinski definition) is 23. The second-order valence-corrected chi connectivity index (χ2v) is 19.2. The van der Waals surface area contributed by atoms with Gasteiger partial charge in [0.05, 0.1) is 37.6 Å². The van der Waals surface area contributed by atoms with E-state index in [9.17, 15) is 49.5 Å². The first-order chi connectivity index (χ1) is 32.0. The molecule has 0 aliphatic carbocycles. The minimum Gasteiger partial charge on any atom is -0.456 e. The van der Waals surface area contributed by atoms with Crippen LogP contribution in [0.2, 0.25) is 0 Å². The van der Waals surface area contributed by atoms with Gasteiger partial charge in [0.1, 0.15) is 36.6 Å². The van der Waals surface area contributed by atoms with Crippen molar-refractivity contribution in [1.29, 1.82) is 0 Å². The Morgan fingerprint density at radius 2 is 0.826 bits per heavy atom. The van der Waals surface area contributed by atoms with Gasteiger partial charge in [-0.25, -0.2) is 0 Å². The number of rotatable bonds is 17. The molecule has 0 spiro atoms. The number of esters is 5. The summed E-state index contributed by atoms with van der Waals surface area (Å²) in [6.07, 6.45) is -22.7. The van der Waals surface area contributed by atoms with Gasteiger partial charge in [0.25, 0.3) is 0 Å². The molecule has 400 valence electrons. The van der Waals surface area contributed by atoms with Gasteiger partial charge in [0, 0.05) is 34.6 Å². The zero-order valence-corrected chi connectivity index (χ0v) is 42.4. The standard InChI is InChI=1S/C28H44O14.C18H34O9/c1-12(2)21(13(3)4)41-27-25(23(38-17(8)31)20(11-34-27)36-15(6)29)42-28-26(40-19(10)33)24(39-18(9)32)22(14(5)35-28)37-16(7)30;1-7(2)15(8(3)4)26-18-16(12(21)10(19)6-24-18)27-17-14(23)13(22)11(20)9(5)25-17/h12-14,20-28H,11H2,1-10H3;7-23H,6H2,1-5H3/t14-,20-,22-,23-,24+,25+,26+,27?,28-;9-,10-,11-,12-,13+,14+,16+,17-,18?/m00/s1. The summed E-state index contributed by atoms with van der Waals surface area (Å²) in [6.45, 7) is 24.5. The highest BCUT2D eigenvalue weighted by atomic mass is 16.8. The summed E-state index contributed by atoms with van der Waals surface area (Å²) < 4.78 is 74.6. The van der Waals surface area contributed by atoms with E-state index in [1.54, 1.807) is 6.92 Å². The van der Waals surface area contributed by atoms with Crippen LogP contribution in [0, 0.1) is 23.7 Å². The summed E-state index contributed by atoms with van der Waals surface area (Å²) in [4.78, 5) is 60.2. The summed E-state index contributed by atoms with van der Waals surface area (Å²) in [6, 6.07) is 0. The quantitative estimate of drug-likeness (QED) is 0.0994. The highest BCUT2D eigenvalue weighted by Crippen LogP contribution is 2.35. The van der Waals surface area contributed by atoms with Crippen LogP contribution in [-0.4, -0.2) is 191 Å². The van der Waals surface area contributed by atoms with Crippen molar-refractivity contribution in [2.75, 3.05) is 13.2 Å². The second-order valence-electron chi connectivity index (χ2n) is 19.2. The minimum absolute atomic E-state index is 0.0465. The number of ether oxygens (including phenoxy) is 13. The summed E-state index contributed by atoms with van der Waals surface area (Å²) >= 11 is 0. The molecular weight excluding hydrogens is 920 g/mol. The number of aliphatic hydroxyl groups excluding tert-OH is 5. The molecule has 18 atom stereocenters. The Morgan fingerprint density at radius 1 is 0.420 bits per heavy atom. The molecule has 4 fully saturated rings. The van der Waals surface area contributed by atoms with Crippen LogP contribution in [0.4, 0.5) is 0 Å². The van der Waals surface area contributed by atoms with E-state index in [0.717, 1.165) is 13.8 Å². The lowest BCUT2D eigenvalue weighted by atomic mass is 9.95. The first kappa shape index (κ1) is 60.1. The second kappa shape index (κ2) is 27.0. The predicted octanol–water partition coefficient (Wildman–Crippen LogP) is 0.803. The van der Waals surface area contributed by atoms with E-state index in [4.69, 9.17) is 61.6 Å². The fraction of sp³-hybridized carbons (Fsp3) is 0.891. The first-order valence-electron chi connectivity index (χ1n) is 23.5. The van der Waals surface area contributed by atoms with Gasteiger partial charge in [-0.2, -0.15) is 0 Å². The number of carbonyl (C=O) groups is 5. The molecule has 0 saturated carbocycles. The smallest absolute Gasteiger partial charge is 0.303 e. The average molecular weight is 999 g/mol. The van der Waals surface area contributed by atoms with Crippen molar-refractivity contribution in [3.63, 3.8) is 0 Å². The SMILES string of the molecule is CC(=O)O[C@@H]1[C@@H](OC(C)=O)[C@H](C)O[C@@H](O[C@H]2C(OC(C(C)C)C(C)C)OC[C@H](OC(C)=O)[C@@H]2OC(C)=O)[C@@H]1OC(C)=O.CC(C)C(OC1OC[C@H](O)[C@H](O)[C@H]1O[C@@H]1O[C@@H](C)[C@H](O)[C@@H](O)[C@H]1O)C(C)C. The van der Waals surface area contributed by atoms with Crippen LogP contribution >= 0.6 is 0 Å². The molecule has 23 heteroatoms. The highest BCUT2D eigenvalue weighted by Gasteiger charge is 2.55. The van der Waals surface area contributed by atoms with Crippen LogP contribution in [0.5, 0.6) is 0 Å². The lowest BCUT2D eigenvalue weighted by Crippen LogP contribution is -2.65. The molecule has 0 aromatic heterocycles. The third-order valence-electron chi connectivity index (χ3n) is 11.7. The van der Waals surface area contributed by atoms with Gasteiger partial charge < -0.3 is 87.1 Å². The Balaban J connectivity index is 0.000000401. The fourth-order valence-corrected chi connectivity index (χ4v) is 8.67. The average Bonchev–Trinajstić information content (AvgIpc) is 3.22. The Hall–Kier alpha value is -3.17. The van der Waals surface area contributed by atoms with E-state index < -0.39 is 140 Å². The molecule has 2 unspecified atom stereocenters. The van der Waals surface area contributed by atoms with Crippen LogP contribution in [0.25, 0.3) is 0 Å². The lowest BCUT2D eigenvalue weighted by molar-refractivity contribution is -0.361. The molecule has 23 nitrogen and oxygen atoms in total. The lowest BCUT2D eigenvalue weighted by Gasteiger charge is -2.47. The predicted molar refractivity (Wildman–Crippen MR) is 235 cm³/mol. The maximum atomic E-state index is 12.2. The molecule has 4 heterocycles. The van der Waals surface area contributed by atoms with Gasteiger partial charge in [0.15, 0.2) is 61.8 Å².